The fraction of sp³-hybridized carbons (Fsp3) is 0.200. The van der Waals surface area contributed by atoms with Crippen LogP contribution in [0.4, 0.5) is 17.1 Å². The zero-order valence-corrected chi connectivity index (χ0v) is 10.8. The molecular formula is C15H14N2S. The van der Waals surface area contributed by atoms with Crippen LogP contribution in [0.1, 0.15) is 6.42 Å². The van der Waals surface area contributed by atoms with Crippen molar-refractivity contribution < 1.29 is 0 Å². The summed E-state index contributed by atoms with van der Waals surface area (Å²) in [5.74, 6) is 0. The lowest BCUT2D eigenvalue weighted by atomic mass is 10.1. The lowest BCUT2D eigenvalue weighted by molar-refractivity contribution is 0.618. The molecule has 0 unspecified atom stereocenters. The molecule has 0 bridgehead atoms. The van der Waals surface area contributed by atoms with E-state index in [1.54, 1.807) is 0 Å². The van der Waals surface area contributed by atoms with E-state index in [1.807, 2.05) is 11.8 Å². The van der Waals surface area contributed by atoms with Crippen LogP contribution in [0, 0.1) is 0 Å². The van der Waals surface area contributed by atoms with Crippen LogP contribution in [-0.4, -0.2) is 13.1 Å². The largest absolute Gasteiger partial charge is 0.370 e. The van der Waals surface area contributed by atoms with Gasteiger partial charge < -0.3 is 10.2 Å². The molecule has 2 aromatic carbocycles. The van der Waals surface area contributed by atoms with Gasteiger partial charge in [0.05, 0.1) is 17.1 Å². The van der Waals surface area contributed by atoms with E-state index in [1.165, 1.54) is 46.4 Å². The predicted octanol–water partition coefficient (Wildman–Crippen LogP) is 4.10. The third-order valence-corrected chi connectivity index (χ3v) is 4.70. The summed E-state index contributed by atoms with van der Waals surface area (Å²) in [6.45, 7) is 2.37. The van der Waals surface area contributed by atoms with Crippen LogP contribution in [0.15, 0.2) is 52.3 Å². The first-order valence-corrected chi connectivity index (χ1v) is 7.15. The molecule has 0 radical (unpaired) electrons. The molecule has 2 aromatic rings. The minimum atomic E-state index is 1.18. The molecule has 0 saturated carbocycles. The number of hydrogen-bond acceptors (Lipinski definition) is 3. The summed E-state index contributed by atoms with van der Waals surface area (Å²) in [6, 6.07) is 15.1. The highest BCUT2D eigenvalue weighted by Gasteiger charge is 2.23. The van der Waals surface area contributed by atoms with Gasteiger partial charge in [-0.2, -0.15) is 0 Å². The molecule has 0 spiro atoms. The van der Waals surface area contributed by atoms with Gasteiger partial charge in [0.1, 0.15) is 0 Å². The standard InChI is InChI=1S/C15H14N2S/c1-2-7-13-11(5-1)16-15-12(17-9-4-10-17)6-3-8-14(15)18-13/h1-3,5-8,16H,4,9-10H2. The van der Waals surface area contributed by atoms with E-state index in [9.17, 15) is 0 Å². The minimum Gasteiger partial charge on any atom is -0.370 e. The third-order valence-electron chi connectivity index (χ3n) is 3.57. The average molecular weight is 254 g/mol. The minimum absolute atomic E-state index is 1.18. The fourth-order valence-electron chi connectivity index (χ4n) is 2.46. The molecule has 0 aromatic heterocycles. The van der Waals surface area contributed by atoms with E-state index in [0.29, 0.717) is 0 Å². The van der Waals surface area contributed by atoms with Crippen molar-refractivity contribution in [1.82, 2.24) is 0 Å². The molecule has 4 rings (SSSR count). The van der Waals surface area contributed by atoms with Gasteiger partial charge >= 0.3 is 0 Å². The van der Waals surface area contributed by atoms with Crippen molar-refractivity contribution >= 4 is 28.8 Å². The molecule has 1 fully saturated rings. The maximum Gasteiger partial charge on any atom is 0.0764 e. The average Bonchev–Trinajstić information content (AvgIpc) is 2.35. The zero-order chi connectivity index (χ0) is 11.9. The number of para-hydroxylation sites is 2. The first kappa shape index (κ1) is 10.3. The first-order valence-electron chi connectivity index (χ1n) is 6.34. The smallest absolute Gasteiger partial charge is 0.0764 e. The topological polar surface area (TPSA) is 15.3 Å². The molecule has 0 atom stereocenters. The highest BCUT2D eigenvalue weighted by molar-refractivity contribution is 7.99. The van der Waals surface area contributed by atoms with E-state index in [0.717, 1.165) is 0 Å². The number of nitrogens with one attached hydrogen (secondary N) is 1. The van der Waals surface area contributed by atoms with Crippen LogP contribution in [0.5, 0.6) is 0 Å². The van der Waals surface area contributed by atoms with Crippen molar-refractivity contribution in [2.24, 2.45) is 0 Å². The van der Waals surface area contributed by atoms with Gasteiger partial charge in [0.2, 0.25) is 0 Å². The second kappa shape index (κ2) is 3.95. The summed E-state index contributed by atoms with van der Waals surface area (Å²) < 4.78 is 0. The number of anilines is 3. The van der Waals surface area contributed by atoms with Crippen molar-refractivity contribution in [2.45, 2.75) is 16.2 Å². The van der Waals surface area contributed by atoms with Gasteiger partial charge in [0.15, 0.2) is 0 Å². The highest BCUT2D eigenvalue weighted by Crippen LogP contribution is 2.48. The molecule has 2 heterocycles. The van der Waals surface area contributed by atoms with Crippen molar-refractivity contribution in [3.63, 3.8) is 0 Å². The van der Waals surface area contributed by atoms with E-state index < -0.39 is 0 Å². The van der Waals surface area contributed by atoms with E-state index in [2.05, 4.69) is 52.7 Å². The lowest BCUT2D eigenvalue weighted by Crippen LogP contribution is -2.37. The summed E-state index contributed by atoms with van der Waals surface area (Å²) in [6.07, 6.45) is 1.31. The predicted molar refractivity (Wildman–Crippen MR) is 77.1 cm³/mol. The normalized spacial score (nSPS) is 16.3. The van der Waals surface area contributed by atoms with Gasteiger partial charge in [0.25, 0.3) is 0 Å². The highest BCUT2D eigenvalue weighted by atomic mass is 32.2. The molecular weight excluding hydrogens is 240 g/mol. The van der Waals surface area contributed by atoms with Gasteiger partial charge in [-0.05, 0) is 30.7 Å². The molecule has 0 aliphatic carbocycles. The second-order valence-corrected chi connectivity index (χ2v) is 5.80. The van der Waals surface area contributed by atoms with Gasteiger partial charge in [-0.1, -0.05) is 30.0 Å². The molecule has 0 amide bonds. The monoisotopic (exact) mass is 254 g/mol. The Hall–Kier alpha value is -1.61. The molecule has 1 N–H and O–H groups in total. The van der Waals surface area contributed by atoms with Crippen LogP contribution in [-0.2, 0) is 0 Å². The molecule has 3 heteroatoms. The number of fused-ring (bicyclic) bond motifs is 2. The Bertz CT molecular complexity index is 605. The van der Waals surface area contributed by atoms with Crippen LogP contribution in [0.3, 0.4) is 0 Å². The Morgan fingerprint density at radius 3 is 2.61 bits per heavy atom. The maximum absolute atomic E-state index is 3.60. The quantitative estimate of drug-likeness (QED) is 0.703. The van der Waals surface area contributed by atoms with Gasteiger partial charge in [-0.3, -0.25) is 0 Å². The zero-order valence-electron chi connectivity index (χ0n) is 10.0. The Morgan fingerprint density at radius 1 is 0.944 bits per heavy atom. The lowest BCUT2D eigenvalue weighted by Gasteiger charge is -2.36. The van der Waals surface area contributed by atoms with Crippen molar-refractivity contribution in [3.8, 4) is 0 Å². The summed E-state index contributed by atoms with van der Waals surface area (Å²) in [7, 11) is 0. The SMILES string of the molecule is c1ccc2c(c1)Nc1c(cccc1N1CCC1)S2. The fourth-order valence-corrected chi connectivity index (χ4v) is 3.48. The van der Waals surface area contributed by atoms with Crippen LogP contribution >= 0.6 is 11.8 Å². The Balaban J connectivity index is 1.80. The number of benzene rings is 2. The first-order chi connectivity index (χ1) is 8.92. The summed E-state index contributed by atoms with van der Waals surface area (Å²) >= 11 is 1.86. The summed E-state index contributed by atoms with van der Waals surface area (Å²) in [4.78, 5) is 5.09. The van der Waals surface area contributed by atoms with Crippen LogP contribution in [0.2, 0.25) is 0 Å². The number of hydrogen-bond donors (Lipinski definition) is 1. The second-order valence-electron chi connectivity index (χ2n) is 4.71. The number of nitrogens with zero attached hydrogens (tertiary/aromatic N) is 1. The van der Waals surface area contributed by atoms with Crippen molar-refractivity contribution in [1.29, 1.82) is 0 Å². The van der Waals surface area contributed by atoms with Gasteiger partial charge in [0, 0.05) is 22.9 Å². The van der Waals surface area contributed by atoms with Gasteiger partial charge in [-0.15, -0.1) is 0 Å². The maximum atomic E-state index is 3.60. The van der Waals surface area contributed by atoms with Crippen molar-refractivity contribution in [2.75, 3.05) is 23.3 Å². The molecule has 2 nitrogen and oxygen atoms in total. The molecule has 1 saturated heterocycles. The Morgan fingerprint density at radius 2 is 1.78 bits per heavy atom. The number of rotatable bonds is 1. The van der Waals surface area contributed by atoms with Gasteiger partial charge in [-0.25, -0.2) is 0 Å². The van der Waals surface area contributed by atoms with E-state index >= 15 is 0 Å². The summed E-state index contributed by atoms with van der Waals surface area (Å²) in [5.41, 5.74) is 3.85. The third kappa shape index (κ3) is 1.51. The van der Waals surface area contributed by atoms with E-state index in [-0.39, 0.29) is 0 Å². The molecule has 2 aliphatic rings. The molecule has 2 aliphatic heterocycles. The van der Waals surface area contributed by atoms with Crippen molar-refractivity contribution in [3.05, 3.63) is 42.5 Å². The Labute approximate surface area is 111 Å². The van der Waals surface area contributed by atoms with E-state index in [4.69, 9.17) is 0 Å². The van der Waals surface area contributed by atoms with Crippen LogP contribution in [0.25, 0.3) is 0 Å². The molecule has 90 valence electrons. The Kier molecular flexibility index (Phi) is 2.27. The summed E-state index contributed by atoms with van der Waals surface area (Å²) in [5, 5.41) is 3.60. The van der Waals surface area contributed by atoms with Crippen LogP contribution < -0.4 is 10.2 Å². The molecule has 18 heavy (non-hydrogen) atoms.